The molecular weight excluding hydrogens is 370 g/mol. The summed E-state index contributed by atoms with van der Waals surface area (Å²) in [5, 5.41) is 6.10. The lowest BCUT2D eigenvalue weighted by Gasteiger charge is -2.35. The molecule has 2 bridgehead atoms. The largest absolute Gasteiger partial charge is 0.493 e. The summed E-state index contributed by atoms with van der Waals surface area (Å²) in [7, 11) is 4.94. The van der Waals surface area contributed by atoms with Gasteiger partial charge >= 0.3 is 0 Å². The zero-order valence-electron chi connectivity index (χ0n) is 16.0. The van der Waals surface area contributed by atoms with Crippen molar-refractivity contribution in [3.05, 3.63) is 23.8 Å². The summed E-state index contributed by atoms with van der Waals surface area (Å²) in [5.41, 5.74) is 0.558. The summed E-state index contributed by atoms with van der Waals surface area (Å²) < 4.78 is 10.8. The minimum absolute atomic E-state index is 0. The maximum absolute atomic E-state index is 12.9. The van der Waals surface area contributed by atoms with Crippen LogP contribution < -0.4 is 20.1 Å². The number of benzene rings is 1. The number of piperidine rings is 1. The molecule has 8 heteroatoms. The van der Waals surface area contributed by atoms with Crippen LogP contribution in [-0.4, -0.2) is 62.7 Å². The number of carbonyl (C=O) groups excluding carboxylic acids is 2. The number of rotatable bonds is 6. The van der Waals surface area contributed by atoms with Crippen molar-refractivity contribution in [1.82, 2.24) is 15.5 Å². The third-order valence-corrected chi connectivity index (χ3v) is 5.36. The normalized spacial score (nSPS) is 23.1. The summed E-state index contributed by atoms with van der Waals surface area (Å²) in [6, 6.07) is 6.39. The Morgan fingerprint density at radius 1 is 1.22 bits per heavy atom. The van der Waals surface area contributed by atoms with Crippen molar-refractivity contribution in [2.24, 2.45) is 0 Å². The van der Waals surface area contributed by atoms with Gasteiger partial charge in [0.15, 0.2) is 18.1 Å². The summed E-state index contributed by atoms with van der Waals surface area (Å²) in [4.78, 5) is 26.1. The van der Waals surface area contributed by atoms with E-state index in [9.17, 15) is 9.59 Å². The zero-order valence-corrected chi connectivity index (χ0v) is 16.8. The van der Waals surface area contributed by atoms with E-state index in [4.69, 9.17) is 9.47 Å². The van der Waals surface area contributed by atoms with Crippen molar-refractivity contribution in [3.63, 3.8) is 0 Å². The topological polar surface area (TPSA) is 79.9 Å². The maximum atomic E-state index is 12.9. The van der Waals surface area contributed by atoms with Crippen molar-refractivity contribution in [2.45, 2.75) is 43.8 Å². The van der Waals surface area contributed by atoms with Crippen molar-refractivity contribution < 1.29 is 19.1 Å². The lowest BCUT2D eigenvalue weighted by Crippen LogP contribution is -2.48. The molecule has 2 atom stereocenters. The fourth-order valence-corrected chi connectivity index (χ4v) is 3.85. The molecule has 0 saturated carbocycles. The molecule has 2 unspecified atom stereocenters. The molecule has 2 saturated heterocycles. The molecule has 0 aromatic heterocycles. The van der Waals surface area contributed by atoms with Gasteiger partial charge in [0.2, 0.25) is 0 Å². The highest BCUT2D eigenvalue weighted by molar-refractivity contribution is 5.95. The molecule has 1 aromatic rings. The number of carbonyl (C=O) groups is 2. The van der Waals surface area contributed by atoms with Crippen LogP contribution in [0.2, 0.25) is 0 Å². The number of methoxy groups -OCH3 is 1. The zero-order chi connectivity index (χ0) is 18.7. The molecule has 1 aromatic carbocycles. The number of fused-ring (bicyclic) bond motifs is 2. The molecule has 150 valence electrons. The highest BCUT2D eigenvalue weighted by Gasteiger charge is 2.36. The van der Waals surface area contributed by atoms with Crippen LogP contribution in [-0.2, 0) is 4.79 Å². The molecule has 3 rings (SSSR count). The minimum Gasteiger partial charge on any atom is -0.493 e. The van der Waals surface area contributed by atoms with Crippen LogP contribution in [0, 0.1) is 0 Å². The Hall–Kier alpha value is -1.99. The van der Waals surface area contributed by atoms with E-state index < -0.39 is 0 Å². The molecule has 7 nitrogen and oxygen atoms in total. The molecule has 2 aliphatic heterocycles. The predicted molar refractivity (Wildman–Crippen MR) is 105 cm³/mol. The van der Waals surface area contributed by atoms with Crippen molar-refractivity contribution >= 4 is 24.2 Å². The number of nitrogens with one attached hydrogen (secondary N) is 2. The molecule has 2 amide bonds. The Labute approximate surface area is 166 Å². The van der Waals surface area contributed by atoms with E-state index in [2.05, 4.69) is 10.6 Å². The Bertz CT molecular complexity index is 673. The van der Waals surface area contributed by atoms with Crippen molar-refractivity contribution in [3.8, 4) is 11.5 Å². The van der Waals surface area contributed by atoms with Crippen molar-refractivity contribution in [2.75, 3.05) is 27.8 Å². The van der Waals surface area contributed by atoms with Crippen LogP contribution in [0.5, 0.6) is 11.5 Å². The van der Waals surface area contributed by atoms with Gasteiger partial charge in [0.1, 0.15) is 0 Å². The van der Waals surface area contributed by atoms with Crippen LogP contribution in [0.25, 0.3) is 0 Å². The van der Waals surface area contributed by atoms with Crippen LogP contribution in [0.3, 0.4) is 0 Å². The monoisotopic (exact) mass is 397 g/mol. The van der Waals surface area contributed by atoms with Gasteiger partial charge in [0.05, 0.1) is 7.11 Å². The number of ether oxygens (including phenoxy) is 2. The van der Waals surface area contributed by atoms with Crippen LogP contribution >= 0.6 is 12.4 Å². The summed E-state index contributed by atoms with van der Waals surface area (Å²) >= 11 is 0. The van der Waals surface area contributed by atoms with Gasteiger partial charge in [-0.1, -0.05) is 0 Å². The Kier molecular flexibility index (Phi) is 7.33. The van der Waals surface area contributed by atoms with Gasteiger partial charge in [0, 0.05) is 37.8 Å². The Morgan fingerprint density at radius 3 is 2.48 bits per heavy atom. The molecule has 0 spiro atoms. The number of hydrogen-bond donors (Lipinski definition) is 2. The van der Waals surface area contributed by atoms with Gasteiger partial charge in [-0.05, 0) is 43.9 Å². The third kappa shape index (κ3) is 4.84. The quantitative estimate of drug-likeness (QED) is 0.762. The maximum Gasteiger partial charge on any atom is 0.257 e. The highest BCUT2D eigenvalue weighted by Crippen LogP contribution is 2.32. The SMILES string of the molecule is CNC(=O)COc1ccc(C(=O)N(C)C2CC3CCC(C2)N3)cc1OC.Cl. The van der Waals surface area contributed by atoms with Crippen LogP contribution in [0.15, 0.2) is 18.2 Å². The fraction of sp³-hybridized carbons (Fsp3) is 0.579. The molecular formula is C19H28ClN3O4. The van der Waals surface area contributed by atoms with E-state index >= 15 is 0 Å². The summed E-state index contributed by atoms with van der Waals surface area (Å²) in [6.45, 7) is -0.0993. The standard InChI is InChI=1S/C19H27N3O4.ClH/c1-20-18(23)11-26-16-7-4-12(8-17(16)25-3)19(24)22(2)15-9-13-5-6-14(10-15)21-13;/h4,7-8,13-15,21H,5-6,9-11H2,1-3H3,(H,20,23);1H. The molecule has 27 heavy (non-hydrogen) atoms. The fourth-order valence-electron chi connectivity index (χ4n) is 3.85. The molecule has 0 radical (unpaired) electrons. The predicted octanol–water partition coefficient (Wildman–Crippen LogP) is 1.60. The van der Waals surface area contributed by atoms with Gasteiger partial charge in [-0.3, -0.25) is 9.59 Å². The molecule has 2 aliphatic rings. The van der Waals surface area contributed by atoms with Crippen molar-refractivity contribution in [1.29, 1.82) is 0 Å². The number of hydrogen-bond acceptors (Lipinski definition) is 5. The second-order valence-corrected chi connectivity index (χ2v) is 7.01. The number of amides is 2. The number of likely N-dealkylation sites (N-methyl/N-ethyl adjacent to an activating group) is 1. The van der Waals surface area contributed by atoms with E-state index in [1.807, 2.05) is 11.9 Å². The van der Waals surface area contributed by atoms with Gasteiger partial charge in [-0.2, -0.15) is 0 Å². The van der Waals surface area contributed by atoms with Gasteiger partial charge < -0.3 is 25.0 Å². The van der Waals surface area contributed by atoms with Gasteiger partial charge in [0.25, 0.3) is 11.8 Å². The third-order valence-electron chi connectivity index (χ3n) is 5.36. The van der Waals surface area contributed by atoms with Gasteiger partial charge in [-0.15, -0.1) is 12.4 Å². The van der Waals surface area contributed by atoms with Gasteiger partial charge in [-0.25, -0.2) is 0 Å². The van der Waals surface area contributed by atoms with E-state index in [0.717, 1.165) is 12.8 Å². The summed E-state index contributed by atoms with van der Waals surface area (Å²) in [6.07, 6.45) is 4.41. The molecule has 0 aliphatic carbocycles. The second-order valence-electron chi connectivity index (χ2n) is 7.01. The first-order chi connectivity index (χ1) is 12.5. The Balaban J connectivity index is 0.00000261. The summed E-state index contributed by atoms with van der Waals surface area (Å²) in [5.74, 6) is 0.633. The first-order valence-corrected chi connectivity index (χ1v) is 9.06. The van der Waals surface area contributed by atoms with E-state index in [1.54, 1.807) is 25.2 Å². The molecule has 2 N–H and O–H groups in total. The molecule has 2 fully saturated rings. The van der Waals surface area contributed by atoms with Crippen LogP contribution in [0.1, 0.15) is 36.0 Å². The highest BCUT2D eigenvalue weighted by atomic mass is 35.5. The average Bonchev–Trinajstić information content (AvgIpc) is 3.02. The first kappa shape index (κ1) is 21.3. The number of halogens is 1. The van der Waals surface area contributed by atoms with Crippen LogP contribution in [0.4, 0.5) is 0 Å². The first-order valence-electron chi connectivity index (χ1n) is 9.06. The lowest BCUT2D eigenvalue weighted by atomic mass is 9.98. The minimum atomic E-state index is -0.229. The Morgan fingerprint density at radius 2 is 1.89 bits per heavy atom. The lowest BCUT2D eigenvalue weighted by molar-refractivity contribution is -0.122. The number of nitrogens with zero attached hydrogens (tertiary/aromatic N) is 1. The smallest absolute Gasteiger partial charge is 0.257 e. The van der Waals surface area contributed by atoms with E-state index in [0.29, 0.717) is 29.1 Å². The average molecular weight is 398 g/mol. The van der Waals surface area contributed by atoms with E-state index in [-0.39, 0.29) is 36.9 Å². The molecule has 2 heterocycles. The van der Waals surface area contributed by atoms with E-state index in [1.165, 1.54) is 20.0 Å². The second kappa shape index (κ2) is 9.28.